The van der Waals surface area contributed by atoms with Crippen molar-refractivity contribution in [3.63, 3.8) is 0 Å². The smallest absolute Gasteiger partial charge is 0.233 e. The lowest BCUT2D eigenvalue weighted by Crippen LogP contribution is -1.91. The highest BCUT2D eigenvalue weighted by Gasteiger charge is 2.07. The van der Waals surface area contributed by atoms with Gasteiger partial charge in [-0.3, -0.25) is 0 Å². The number of rotatable bonds is 2. The van der Waals surface area contributed by atoms with Crippen LogP contribution >= 0.6 is 43.5 Å². The van der Waals surface area contributed by atoms with E-state index in [1.807, 2.05) is 25.1 Å². The van der Waals surface area contributed by atoms with Crippen LogP contribution in [0.5, 0.6) is 11.6 Å². The van der Waals surface area contributed by atoms with Gasteiger partial charge in [0.15, 0.2) is 0 Å². The Bertz CT molecular complexity index is 511. The lowest BCUT2D eigenvalue weighted by atomic mass is 10.2. The van der Waals surface area contributed by atoms with Crippen LogP contribution in [0.1, 0.15) is 5.56 Å². The Morgan fingerprint density at radius 2 is 2.00 bits per heavy atom. The molecular weight excluding hydrogens is 369 g/mol. The van der Waals surface area contributed by atoms with Gasteiger partial charge in [-0.05, 0) is 68.6 Å². The minimum absolute atomic E-state index is 0.527. The lowest BCUT2D eigenvalue weighted by Gasteiger charge is -2.09. The predicted molar refractivity (Wildman–Crippen MR) is 75.9 cm³/mol. The molecule has 0 bridgehead atoms. The normalized spacial score (nSPS) is 10.4. The molecule has 17 heavy (non-hydrogen) atoms. The van der Waals surface area contributed by atoms with Gasteiger partial charge in [0.1, 0.15) is 5.75 Å². The second-order valence-corrected chi connectivity index (χ2v) is 5.66. The number of aromatic nitrogens is 1. The third-order valence-corrected chi connectivity index (χ3v) is 3.35. The third-order valence-electron chi connectivity index (χ3n) is 2.12. The Morgan fingerprint density at radius 1 is 1.24 bits per heavy atom. The molecule has 0 aliphatic heterocycles. The Labute approximate surface area is 121 Å². The first-order chi connectivity index (χ1) is 8.06. The standard InChI is InChI=1S/C12H8Br2ClNO/c1-7-4-9(15)2-3-11(7)17-12-10(14)5-8(13)6-16-12/h2-6H,1H3. The van der Waals surface area contributed by atoms with Crippen LogP contribution in [0.25, 0.3) is 0 Å². The highest BCUT2D eigenvalue weighted by Crippen LogP contribution is 2.31. The van der Waals surface area contributed by atoms with E-state index in [0.717, 1.165) is 20.3 Å². The molecule has 1 aromatic heterocycles. The first kappa shape index (κ1) is 12.9. The van der Waals surface area contributed by atoms with Gasteiger partial charge in [0, 0.05) is 15.7 Å². The summed E-state index contributed by atoms with van der Waals surface area (Å²) >= 11 is 12.6. The van der Waals surface area contributed by atoms with Crippen LogP contribution in [-0.4, -0.2) is 4.98 Å². The van der Waals surface area contributed by atoms with Gasteiger partial charge in [0.25, 0.3) is 0 Å². The maximum absolute atomic E-state index is 5.89. The van der Waals surface area contributed by atoms with Gasteiger partial charge in [-0.2, -0.15) is 0 Å². The SMILES string of the molecule is Cc1cc(Cl)ccc1Oc1ncc(Br)cc1Br. The summed E-state index contributed by atoms with van der Waals surface area (Å²) in [5.41, 5.74) is 0.967. The van der Waals surface area contributed by atoms with Gasteiger partial charge in [-0.1, -0.05) is 11.6 Å². The van der Waals surface area contributed by atoms with E-state index in [9.17, 15) is 0 Å². The molecule has 0 radical (unpaired) electrons. The zero-order valence-electron chi connectivity index (χ0n) is 8.88. The molecule has 2 aromatic rings. The average Bonchev–Trinajstić information content (AvgIpc) is 2.25. The number of pyridine rings is 1. The summed E-state index contributed by atoms with van der Waals surface area (Å²) in [5, 5.41) is 0.692. The summed E-state index contributed by atoms with van der Waals surface area (Å²) < 4.78 is 7.40. The molecule has 0 aliphatic rings. The van der Waals surface area contributed by atoms with E-state index < -0.39 is 0 Å². The second kappa shape index (κ2) is 5.38. The monoisotopic (exact) mass is 375 g/mol. The summed E-state index contributed by atoms with van der Waals surface area (Å²) in [6.45, 7) is 1.94. The average molecular weight is 377 g/mol. The number of benzene rings is 1. The van der Waals surface area contributed by atoms with Crippen molar-refractivity contribution >= 4 is 43.5 Å². The molecule has 0 aliphatic carbocycles. The van der Waals surface area contributed by atoms with Crippen molar-refractivity contribution in [1.29, 1.82) is 0 Å². The first-order valence-corrected chi connectivity index (χ1v) is 6.78. The van der Waals surface area contributed by atoms with E-state index in [1.54, 1.807) is 12.3 Å². The highest BCUT2D eigenvalue weighted by molar-refractivity contribution is 9.11. The van der Waals surface area contributed by atoms with Gasteiger partial charge in [-0.15, -0.1) is 0 Å². The number of hydrogen-bond acceptors (Lipinski definition) is 2. The van der Waals surface area contributed by atoms with Crippen molar-refractivity contribution in [2.45, 2.75) is 6.92 Å². The van der Waals surface area contributed by atoms with Gasteiger partial charge in [0.2, 0.25) is 5.88 Å². The van der Waals surface area contributed by atoms with Crippen molar-refractivity contribution in [2.24, 2.45) is 0 Å². The highest BCUT2D eigenvalue weighted by atomic mass is 79.9. The van der Waals surface area contributed by atoms with E-state index in [4.69, 9.17) is 16.3 Å². The molecule has 0 fully saturated rings. The molecule has 0 unspecified atom stereocenters. The van der Waals surface area contributed by atoms with Crippen LogP contribution < -0.4 is 4.74 Å². The Kier molecular flexibility index (Phi) is 4.07. The van der Waals surface area contributed by atoms with Gasteiger partial charge in [-0.25, -0.2) is 4.98 Å². The topological polar surface area (TPSA) is 22.1 Å². The lowest BCUT2D eigenvalue weighted by molar-refractivity contribution is 0.456. The number of ether oxygens (including phenoxy) is 1. The molecule has 2 rings (SSSR count). The number of aryl methyl sites for hydroxylation is 1. The molecule has 5 heteroatoms. The molecule has 0 saturated heterocycles. The number of hydrogen-bond donors (Lipinski definition) is 0. The fourth-order valence-electron chi connectivity index (χ4n) is 1.31. The molecule has 88 valence electrons. The van der Waals surface area contributed by atoms with E-state index in [1.165, 1.54) is 0 Å². The largest absolute Gasteiger partial charge is 0.438 e. The maximum Gasteiger partial charge on any atom is 0.233 e. The Hall–Kier alpha value is -0.580. The number of nitrogens with zero attached hydrogens (tertiary/aromatic N) is 1. The van der Waals surface area contributed by atoms with Crippen molar-refractivity contribution in [3.8, 4) is 11.6 Å². The zero-order chi connectivity index (χ0) is 12.4. The summed E-state index contributed by atoms with van der Waals surface area (Å²) in [4.78, 5) is 4.19. The molecular formula is C12H8Br2ClNO. The fourth-order valence-corrected chi connectivity index (χ4v) is 2.60. The fraction of sp³-hybridized carbons (Fsp3) is 0.0833. The summed E-state index contributed by atoms with van der Waals surface area (Å²) in [6.07, 6.45) is 1.69. The minimum Gasteiger partial charge on any atom is -0.438 e. The van der Waals surface area contributed by atoms with Crippen molar-refractivity contribution < 1.29 is 4.74 Å². The van der Waals surface area contributed by atoms with Crippen molar-refractivity contribution in [1.82, 2.24) is 4.98 Å². The summed E-state index contributed by atoms with van der Waals surface area (Å²) in [7, 11) is 0. The number of halogens is 3. The van der Waals surface area contributed by atoms with Crippen LogP contribution in [0.15, 0.2) is 39.4 Å². The quantitative estimate of drug-likeness (QED) is 0.703. The van der Waals surface area contributed by atoms with Crippen LogP contribution in [0, 0.1) is 6.92 Å². The zero-order valence-corrected chi connectivity index (χ0v) is 12.8. The second-order valence-electron chi connectivity index (χ2n) is 3.45. The van der Waals surface area contributed by atoms with Crippen molar-refractivity contribution in [2.75, 3.05) is 0 Å². The minimum atomic E-state index is 0.527. The molecule has 0 spiro atoms. The summed E-state index contributed by atoms with van der Waals surface area (Å²) in [5.74, 6) is 1.27. The first-order valence-electron chi connectivity index (χ1n) is 4.81. The van der Waals surface area contributed by atoms with Crippen LogP contribution in [0.2, 0.25) is 5.02 Å². The predicted octanol–water partition coefficient (Wildman–Crippen LogP) is 5.36. The third kappa shape index (κ3) is 3.21. The van der Waals surface area contributed by atoms with Gasteiger partial charge >= 0.3 is 0 Å². The van der Waals surface area contributed by atoms with Gasteiger partial charge < -0.3 is 4.74 Å². The molecule has 0 saturated carbocycles. The van der Waals surface area contributed by atoms with E-state index in [0.29, 0.717) is 10.9 Å². The molecule has 0 atom stereocenters. The molecule has 0 amide bonds. The van der Waals surface area contributed by atoms with Crippen LogP contribution in [0.4, 0.5) is 0 Å². The Morgan fingerprint density at radius 3 is 2.65 bits per heavy atom. The van der Waals surface area contributed by atoms with Gasteiger partial charge in [0.05, 0.1) is 4.47 Å². The van der Waals surface area contributed by atoms with E-state index >= 15 is 0 Å². The molecule has 1 aromatic carbocycles. The summed E-state index contributed by atoms with van der Waals surface area (Å²) in [6, 6.07) is 7.35. The maximum atomic E-state index is 5.89. The van der Waals surface area contributed by atoms with E-state index in [-0.39, 0.29) is 0 Å². The molecule has 2 nitrogen and oxygen atoms in total. The van der Waals surface area contributed by atoms with Crippen LogP contribution in [0.3, 0.4) is 0 Å². The van der Waals surface area contributed by atoms with E-state index in [2.05, 4.69) is 36.8 Å². The Balaban J connectivity index is 2.31. The molecule has 0 N–H and O–H groups in total. The molecule has 1 heterocycles. The van der Waals surface area contributed by atoms with Crippen molar-refractivity contribution in [3.05, 3.63) is 50.0 Å². The van der Waals surface area contributed by atoms with Crippen LogP contribution in [-0.2, 0) is 0 Å².